The fourth-order valence-corrected chi connectivity index (χ4v) is 6.22. The lowest BCUT2D eigenvalue weighted by Gasteiger charge is -2.50. The Hall–Kier alpha value is -3.42. The molecule has 0 aliphatic carbocycles. The van der Waals surface area contributed by atoms with E-state index < -0.39 is 34.5 Å². The predicted molar refractivity (Wildman–Crippen MR) is 126 cm³/mol. The molecule has 1 amide bonds. The van der Waals surface area contributed by atoms with Gasteiger partial charge in [0.2, 0.25) is 11.7 Å². The van der Waals surface area contributed by atoms with Crippen molar-refractivity contribution in [3.63, 3.8) is 0 Å². The third kappa shape index (κ3) is 3.19. The summed E-state index contributed by atoms with van der Waals surface area (Å²) in [5.41, 5.74) is 0.594. The average molecular weight is 498 g/mol. The Morgan fingerprint density at radius 3 is 2.44 bits per heavy atom. The number of fused-ring (bicyclic) bond motifs is 5. The summed E-state index contributed by atoms with van der Waals surface area (Å²) in [6, 6.07) is 13.6. The van der Waals surface area contributed by atoms with Crippen LogP contribution >= 0.6 is 0 Å². The van der Waals surface area contributed by atoms with Gasteiger partial charge in [-0.15, -0.1) is 0 Å². The molecule has 0 radical (unpaired) electrons. The molecule has 3 aromatic rings. The lowest BCUT2D eigenvalue weighted by atomic mass is 9.58. The fraction of sp³-hybridized carbons (Fsp3) is 0.393. The molecule has 1 spiro atoms. The summed E-state index contributed by atoms with van der Waals surface area (Å²) in [6.45, 7) is 7.73. The SMILES string of the molecule is CC1(C)Cc2cc3c(cc2O1)OC(C)(C)C(Cc1ccc(C(F)(F)F)o1)C31C(=O)Nc2ccccc21. The summed E-state index contributed by atoms with van der Waals surface area (Å²) < 4.78 is 57.7. The van der Waals surface area contributed by atoms with Gasteiger partial charge in [0.25, 0.3) is 0 Å². The molecule has 1 aromatic heterocycles. The van der Waals surface area contributed by atoms with E-state index in [1.54, 1.807) is 0 Å². The molecule has 3 aliphatic rings. The van der Waals surface area contributed by atoms with Crippen molar-refractivity contribution in [2.75, 3.05) is 5.32 Å². The number of benzene rings is 2. The number of anilines is 1. The van der Waals surface area contributed by atoms with Gasteiger partial charge in [-0.05, 0) is 63.1 Å². The molecule has 0 saturated carbocycles. The first-order valence-corrected chi connectivity index (χ1v) is 11.9. The molecule has 3 aliphatic heterocycles. The minimum atomic E-state index is -4.59. The Balaban J connectivity index is 1.58. The van der Waals surface area contributed by atoms with E-state index in [9.17, 15) is 18.0 Å². The van der Waals surface area contributed by atoms with Gasteiger partial charge in [-0.25, -0.2) is 0 Å². The van der Waals surface area contributed by atoms with Crippen LogP contribution in [0.2, 0.25) is 0 Å². The highest BCUT2D eigenvalue weighted by Gasteiger charge is 2.62. The summed E-state index contributed by atoms with van der Waals surface area (Å²) in [7, 11) is 0. The zero-order chi connectivity index (χ0) is 25.7. The van der Waals surface area contributed by atoms with Crippen molar-refractivity contribution < 1.29 is 31.9 Å². The molecule has 4 heterocycles. The van der Waals surface area contributed by atoms with E-state index in [0.29, 0.717) is 23.4 Å². The van der Waals surface area contributed by atoms with Crippen molar-refractivity contribution in [3.05, 3.63) is 76.7 Å². The second-order valence-electron chi connectivity index (χ2n) is 11.0. The quantitative estimate of drug-likeness (QED) is 0.453. The molecule has 8 heteroatoms. The van der Waals surface area contributed by atoms with Crippen LogP contribution in [0.1, 0.15) is 55.9 Å². The van der Waals surface area contributed by atoms with E-state index in [2.05, 4.69) is 5.32 Å². The van der Waals surface area contributed by atoms with Gasteiger partial charge in [0, 0.05) is 36.1 Å². The Bertz CT molecular complexity index is 1400. The minimum Gasteiger partial charge on any atom is -0.487 e. The van der Waals surface area contributed by atoms with Crippen LogP contribution < -0.4 is 14.8 Å². The van der Waals surface area contributed by atoms with E-state index >= 15 is 0 Å². The Kier molecular flexibility index (Phi) is 4.53. The van der Waals surface area contributed by atoms with Crippen molar-refractivity contribution in [1.82, 2.24) is 0 Å². The number of halogens is 3. The number of carbonyl (C=O) groups excluding carboxylic acids is 1. The Morgan fingerprint density at radius 2 is 1.72 bits per heavy atom. The second kappa shape index (κ2) is 7.08. The number of nitrogens with one attached hydrogen (secondary N) is 1. The molecular formula is C28H26F3NO4. The lowest BCUT2D eigenvalue weighted by Crippen LogP contribution is -2.58. The van der Waals surface area contributed by atoms with Crippen LogP contribution in [0.15, 0.2) is 52.9 Å². The molecular weight excluding hydrogens is 471 g/mol. The number of hydrogen-bond acceptors (Lipinski definition) is 4. The molecule has 0 fully saturated rings. The van der Waals surface area contributed by atoms with E-state index in [1.807, 2.05) is 64.1 Å². The van der Waals surface area contributed by atoms with Crippen molar-refractivity contribution in [2.45, 2.75) is 63.3 Å². The molecule has 36 heavy (non-hydrogen) atoms. The summed E-state index contributed by atoms with van der Waals surface area (Å²) in [4.78, 5) is 14.0. The van der Waals surface area contributed by atoms with E-state index in [0.717, 1.165) is 22.9 Å². The number of furan rings is 1. The van der Waals surface area contributed by atoms with Crippen LogP contribution in [-0.4, -0.2) is 17.1 Å². The summed E-state index contributed by atoms with van der Waals surface area (Å²) in [5, 5.41) is 3.03. The van der Waals surface area contributed by atoms with Gasteiger partial charge in [0.1, 0.15) is 33.9 Å². The van der Waals surface area contributed by atoms with Crippen LogP contribution in [0.25, 0.3) is 0 Å². The minimum absolute atomic E-state index is 0.0728. The summed E-state index contributed by atoms with van der Waals surface area (Å²) >= 11 is 0. The van der Waals surface area contributed by atoms with Crippen LogP contribution in [0, 0.1) is 5.92 Å². The maximum absolute atomic E-state index is 14.0. The standard InChI is InChI=1S/C28H26F3NO4/c1-25(2)14-15-11-18-21(13-20(15)35-25)36-26(3,4)22(12-16-9-10-23(34-16)28(29,30)31)27(18)17-7-5-6-8-19(17)32-24(27)33/h5-11,13,22H,12,14H2,1-4H3,(H,32,33). The number of carbonyl (C=O) groups is 1. The Morgan fingerprint density at radius 1 is 0.972 bits per heavy atom. The molecule has 0 saturated heterocycles. The summed E-state index contributed by atoms with van der Waals surface area (Å²) in [5.74, 6) is -0.455. The normalized spacial score (nSPS) is 25.0. The zero-order valence-corrected chi connectivity index (χ0v) is 20.4. The highest BCUT2D eigenvalue weighted by molar-refractivity contribution is 6.10. The zero-order valence-electron chi connectivity index (χ0n) is 20.4. The molecule has 6 rings (SSSR count). The van der Waals surface area contributed by atoms with Gasteiger partial charge in [0.05, 0.1) is 0 Å². The van der Waals surface area contributed by atoms with Gasteiger partial charge in [-0.3, -0.25) is 4.79 Å². The fourth-order valence-electron chi connectivity index (χ4n) is 6.22. The summed E-state index contributed by atoms with van der Waals surface area (Å²) in [6.07, 6.45) is -3.86. The first kappa shape index (κ1) is 23.0. The van der Waals surface area contributed by atoms with Crippen molar-refractivity contribution in [1.29, 1.82) is 0 Å². The van der Waals surface area contributed by atoms with Gasteiger partial charge < -0.3 is 19.2 Å². The topological polar surface area (TPSA) is 60.7 Å². The molecule has 2 unspecified atom stereocenters. The van der Waals surface area contributed by atoms with Gasteiger partial charge in [-0.2, -0.15) is 13.2 Å². The smallest absolute Gasteiger partial charge is 0.449 e. The first-order chi connectivity index (χ1) is 16.8. The largest absolute Gasteiger partial charge is 0.487 e. The third-order valence-corrected chi connectivity index (χ3v) is 7.63. The number of rotatable bonds is 2. The van der Waals surface area contributed by atoms with Crippen molar-refractivity contribution >= 4 is 11.6 Å². The monoisotopic (exact) mass is 497 g/mol. The Labute approximate surface area is 206 Å². The van der Waals surface area contributed by atoms with Gasteiger partial charge >= 0.3 is 6.18 Å². The van der Waals surface area contributed by atoms with E-state index in [-0.39, 0.29) is 18.1 Å². The van der Waals surface area contributed by atoms with Crippen LogP contribution in [0.5, 0.6) is 11.5 Å². The van der Waals surface area contributed by atoms with Gasteiger partial charge in [-0.1, -0.05) is 18.2 Å². The average Bonchev–Trinajstić information content (AvgIpc) is 3.43. The van der Waals surface area contributed by atoms with E-state index in [1.165, 1.54) is 6.07 Å². The molecule has 2 aromatic carbocycles. The maximum Gasteiger partial charge on any atom is 0.449 e. The highest BCUT2D eigenvalue weighted by atomic mass is 19.4. The maximum atomic E-state index is 14.0. The van der Waals surface area contributed by atoms with Gasteiger partial charge in [0.15, 0.2) is 0 Å². The van der Waals surface area contributed by atoms with Crippen molar-refractivity contribution in [3.8, 4) is 11.5 Å². The molecule has 188 valence electrons. The van der Waals surface area contributed by atoms with Crippen LogP contribution in [0.4, 0.5) is 18.9 Å². The van der Waals surface area contributed by atoms with Crippen LogP contribution in [-0.2, 0) is 29.2 Å². The number of ether oxygens (including phenoxy) is 2. The van der Waals surface area contributed by atoms with Crippen LogP contribution in [0.3, 0.4) is 0 Å². The lowest BCUT2D eigenvalue weighted by molar-refractivity contribution is -0.153. The van der Waals surface area contributed by atoms with Crippen molar-refractivity contribution in [2.24, 2.45) is 5.92 Å². The molecule has 2 atom stereocenters. The molecule has 1 N–H and O–H groups in total. The molecule has 0 bridgehead atoms. The highest BCUT2D eigenvalue weighted by Crippen LogP contribution is 2.59. The number of para-hydroxylation sites is 1. The number of amides is 1. The third-order valence-electron chi connectivity index (χ3n) is 7.63. The second-order valence-corrected chi connectivity index (χ2v) is 11.0. The predicted octanol–water partition coefficient (Wildman–Crippen LogP) is 6.28. The number of alkyl halides is 3. The number of hydrogen-bond donors (Lipinski definition) is 1. The molecule has 5 nitrogen and oxygen atoms in total. The van der Waals surface area contributed by atoms with E-state index in [4.69, 9.17) is 13.9 Å². The first-order valence-electron chi connectivity index (χ1n) is 11.9.